The Morgan fingerprint density at radius 1 is 1.50 bits per heavy atom. The molecule has 1 atom stereocenters. The zero-order chi connectivity index (χ0) is 13.8. The van der Waals surface area contributed by atoms with Crippen LogP contribution in [0.1, 0.15) is 20.3 Å². The number of hydrogen-bond acceptors (Lipinski definition) is 3. The van der Waals surface area contributed by atoms with Gasteiger partial charge in [0.25, 0.3) is 0 Å². The molecule has 0 bridgehead atoms. The number of anilines is 1. The van der Waals surface area contributed by atoms with Crippen molar-refractivity contribution >= 4 is 33.2 Å². The van der Waals surface area contributed by atoms with Gasteiger partial charge in [0, 0.05) is 17.0 Å². The van der Waals surface area contributed by atoms with Crippen LogP contribution in [0.3, 0.4) is 0 Å². The van der Waals surface area contributed by atoms with E-state index in [9.17, 15) is 5.11 Å². The van der Waals surface area contributed by atoms with Crippen molar-refractivity contribution in [2.24, 2.45) is 5.41 Å². The summed E-state index contributed by atoms with van der Waals surface area (Å²) in [5.74, 6) is 0.718. The number of benzene rings is 1. The Labute approximate surface area is 122 Å². The van der Waals surface area contributed by atoms with Gasteiger partial charge in [0.15, 0.2) is 5.75 Å². The number of aliphatic hydroxyl groups is 1. The lowest BCUT2D eigenvalue weighted by Crippen LogP contribution is -2.29. The molecule has 0 radical (unpaired) electrons. The lowest BCUT2D eigenvalue weighted by Gasteiger charge is -2.27. The molecule has 1 aromatic carbocycles. The van der Waals surface area contributed by atoms with E-state index >= 15 is 0 Å². The molecule has 0 saturated carbocycles. The molecule has 102 valence electrons. The van der Waals surface area contributed by atoms with Gasteiger partial charge in [-0.2, -0.15) is 0 Å². The van der Waals surface area contributed by atoms with E-state index in [1.165, 1.54) is 0 Å². The predicted molar refractivity (Wildman–Crippen MR) is 79.7 cm³/mol. The fourth-order valence-corrected chi connectivity index (χ4v) is 2.47. The first-order valence-corrected chi connectivity index (χ1v) is 7.00. The Bertz CT molecular complexity index is 408. The van der Waals surface area contributed by atoms with Crippen molar-refractivity contribution in [3.8, 4) is 5.75 Å². The van der Waals surface area contributed by atoms with Crippen LogP contribution in [-0.2, 0) is 0 Å². The summed E-state index contributed by atoms with van der Waals surface area (Å²) in [6, 6.07) is 3.61. The summed E-state index contributed by atoms with van der Waals surface area (Å²) in [7, 11) is 1.62. The Morgan fingerprint density at radius 3 is 2.67 bits per heavy atom. The minimum atomic E-state index is -0.153. The van der Waals surface area contributed by atoms with Crippen molar-refractivity contribution in [2.75, 3.05) is 25.6 Å². The highest BCUT2D eigenvalue weighted by Gasteiger charge is 2.21. The SMILES string of the molecule is CCC(C)(CO)CNc1cc(Cl)cc(Br)c1OC. The van der Waals surface area contributed by atoms with Crippen LogP contribution < -0.4 is 10.1 Å². The number of aliphatic hydroxyl groups excluding tert-OH is 1. The van der Waals surface area contributed by atoms with Crippen LogP contribution in [0, 0.1) is 5.41 Å². The van der Waals surface area contributed by atoms with Crippen LogP contribution in [0.25, 0.3) is 0 Å². The number of methoxy groups -OCH3 is 1. The molecule has 18 heavy (non-hydrogen) atoms. The molecule has 3 nitrogen and oxygen atoms in total. The van der Waals surface area contributed by atoms with Gasteiger partial charge < -0.3 is 15.2 Å². The topological polar surface area (TPSA) is 41.5 Å². The second-order valence-corrected chi connectivity index (χ2v) is 5.94. The van der Waals surface area contributed by atoms with Crippen LogP contribution in [-0.4, -0.2) is 25.4 Å². The maximum absolute atomic E-state index is 9.39. The molecule has 0 aliphatic heterocycles. The Balaban J connectivity index is 2.90. The standard InChI is InChI=1S/C13H19BrClNO2/c1-4-13(2,8-17)7-16-11-6-9(15)5-10(14)12(11)18-3/h5-6,16-17H,4,7-8H2,1-3H3. The fourth-order valence-electron chi connectivity index (χ4n) is 1.50. The van der Waals surface area contributed by atoms with Gasteiger partial charge >= 0.3 is 0 Å². The molecule has 0 heterocycles. The molecule has 0 spiro atoms. The monoisotopic (exact) mass is 335 g/mol. The zero-order valence-corrected chi connectivity index (χ0v) is 13.2. The van der Waals surface area contributed by atoms with E-state index in [-0.39, 0.29) is 12.0 Å². The van der Waals surface area contributed by atoms with Crippen LogP contribution in [0.4, 0.5) is 5.69 Å². The van der Waals surface area contributed by atoms with Gasteiger partial charge in [-0.25, -0.2) is 0 Å². The lowest BCUT2D eigenvalue weighted by molar-refractivity contribution is 0.149. The van der Waals surface area contributed by atoms with Gasteiger partial charge in [-0.3, -0.25) is 0 Å². The average Bonchev–Trinajstić information content (AvgIpc) is 2.35. The maximum Gasteiger partial charge on any atom is 0.156 e. The van der Waals surface area contributed by atoms with E-state index in [0.717, 1.165) is 22.3 Å². The van der Waals surface area contributed by atoms with Crippen molar-refractivity contribution in [2.45, 2.75) is 20.3 Å². The number of hydrogen-bond donors (Lipinski definition) is 2. The fraction of sp³-hybridized carbons (Fsp3) is 0.538. The molecule has 0 aliphatic rings. The third kappa shape index (κ3) is 3.77. The van der Waals surface area contributed by atoms with E-state index in [1.54, 1.807) is 13.2 Å². The second kappa shape index (κ2) is 6.64. The summed E-state index contributed by atoms with van der Waals surface area (Å²) in [5.41, 5.74) is 0.671. The highest BCUT2D eigenvalue weighted by molar-refractivity contribution is 9.10. The van der Waals surface area contributed by atoms with Crippen molar-refractivity contribution in [3.05, 3.63) is 21.6 Å². The number of nitrogens with one attached hydrogen (secondary N) is 1. The molecule has 0 amide bonds. The maximum atomic E-state index is 9.39. The molecule has 1 aromatic rings. The van der Waals surface area contributed by atoms with Crippen molar-refractivity contribution in [1.29, 1.82) is 0 Å². The Hall–Kier alpha value is -0.450. The van der Waals surface area contributed by atoms with E-state index in [2.05, 4.69) is 28.2 Å². The molecular weight excluding hydrogens is 318 g/mol. The molecule has 0 aromatic heterocycles. The molecule has 1 rings (SSSR count). The van der Waals surface area contributed by atoms with E-state index in [1.807, 2.05) is 13.0 Å². The third-order valence-corrected chi connectivity index (χ3v) is 3.96. The zero-order valence-electron chi connectivity index (χ0n) is 10.9. The highest BCUT2D eigenvalue weighted by Crippen LogP contribution is 2.37. The molecule has 1 unspecified atom stereocenters. The Morgan fingerprint density at radius 2 is 2.17 bits per heavy atom. The number of ether oxygens (including phenoxy) is 1. The van der Waals surface area contributed by atoms with Gasteiger partial charge in [-0.15, -0.1) is 0 Å². The summed E-state index contributed by atoms with van der Waals surface area (Å²) in [4.78, 5) is 0. The Kier molecular flexibility index (Phi) is 5.76. The summed E-state index contributed by atoms with van der Waals surface area (Å²) in [6.45, 7) is 4.89. The highest BCUT2D eigenvalue weighted by atomic mass is 79.9. The van der Waals surface area contributed by atoms with Crippen LogP contribution in [0.2, 0.25) is 5.02 Å². The molecule has 0 saturated heterocycles. The third-order valence-electron chi connectivity index (χ3n) is 3.15. The van der Waals surface area contributed by atoms with E-state index in [0.29, 0.717) is 11.6 Å². The van der Waals surface area contributed by atoms with Gasteiger partial charge in [-0.05, 0) is 34.5 Å². The summed E-state index contributed by atoms with van der Waals surface area (Å²) >= 11 is 9.44. The first kappa shape index (κ1) is 15.6. The number of rotatable bonds is 6. The first-order chi connectivity index (χ1) is 8.45. The van der Waals surface area contributed by atoms with E-state index < -0.39 is 0 Å². The number of halogens is 2. The molecule has 0 fully saturated rings. The lowest BCUT2D eigenvalue weighted by atomic mass is 9.88. The molecule has 5 heteroatoms. The smallest absolute Gasteiger partial charge is 0.156 e. The van der Waals surface area contributed by atoms with E-state index in [4.69, 9.17) is 16.3 Å². The minimum absolute atomic E-state index is 0.139. The first-order valence-electron chi connectivity index (χ1n) is 5.83. The summed E-state index contributed by atoms with van der Waals surface area (Å²) < 4.78 is 6.14. The van der Waals surface area contributed by atoms with Gasteiger partial charge in [0.2, 0.25) is 0 Å². The molecular formula is C13H19BrClNO2. The summed E-state index contributed by atoms with van der Waals surface area (Å²) in [6.07, 6.45) is 0.889. The van der Waals surface area contributed by atoms with Gasteiger partial charge in [0.1, 0.15) is 0 Å². The quantitative estimate of drug-likeness (QED) is 0.827. The van der Waals surface area contributed by atoms with Crippen LogP contribution in [0.5, 0.6) is 5.75 Å². The predicted octanol–water partition coefficient (Wildman–Crippen LogP) is 3.93. The minimum Gasteiger partial charge on any atom is -0.493 e. The normalized spacial score (nSPS) is 14.1. The van der Waals surface area contributed by atoms with Gasteiger partial charge in [0.05, 0.1) is 23.9 Å². The van der Waals surface area contributed by atoms with Crippen molar-refractivity contribution in [1.82, 2.24) is 0 Å². The molecule has 0 aliphatic carbocycles. The van der Waals surface area contributed by atoms with Crippen molar-refractivity contribution < 1.29 is 9.84 Å². The average molecular weight is 337 g/mol. The van der Waals surface area contributed by atoms with Crippen LogP contribution >= 0.6 is 27.5 Å². The van der Waals surface area contributed by atoms with Crippen LogP contribution in [0.15, 0.2) is 16.6 Å². The largest absolute Gasteiger partial charge is 0.493 e. The van der Waals surface area contributed by atoms with Gasteiger partial charge in [-0.1, -0.05) is 25.4 Å². The summed E-state index contributed by atoms with van der Waals surface area (Å²) in [5, 5.41) is 13.3. The van der Waals surface area contributed by atoms with Crippen molar-refractivity contribution in [3.63, 3.8) is 0 Å². The second-order valence-electron chi connectivity index (χ2n) is 4.64. The molecule has 2 N–H and O–H groups in total.